The van der Waals surface area contributed by atoms with Crippen LogP contribution >= 0.6 is 0 Å². The number of esters is 2. The van der Waals surface area contributed by atoms with Crippen molar-refractivity contribution >= 4 is 17.8 Å². The number of nitrogens with zero attached hydrogens (tertiary/aromatic N) is 2. The lowest BCUT2D eigenvalue weighted by Crippen LogP contribution is -2.44. The number of aromatic nitrogens is 2. The fourth-order valence-electron chi connectivity index (χ4n) is 2.48. The Kier molecular flexibility index (Phi) is 7.70. The average Bonchev–Trinajstić information content (AvgIpc) is 3.06. The molecule has 0 bridgehead atoms. The van der Waals surface area contributed by atoms with Gasteiger partial charge in [-0.1, -0.05) is 32.0 Å². The van der Waals surface area contributed by atoms with Crippen molar-refractivity contribution in [3.63, 3.8) is 0 Å². The molecule has 1 heterocycles. The molecule has 0 saturated heterocycles. The van der Waals surface area contributed by atoms with Crippen molar-refractivity contribution in [3.05, 3.63) is 40.9 Å². The summed E-state index contributed by atoms with van der Waals surface area (Å²) in [4.78, 5) is 47.5. The number of benzene rings is 1. The summed E-state index contributed by atoms with van der Waals surface area (Å²) in [7, 11) is 1.22. The number of rotatable bonds is 9. The Morgan fingerprint density at radius 2 is 1.90 bits per heavy atom. The van der Waals surface area contributed by atoms with Gasteiger partial charge in [-0.3, -0.25) is 9.59 Å². The topological polar surface area (TPSA) is 130 Å². The largest absolute Gasteiger partial charge is 0.467 e. The molecule has 2 aromatic rings. The summed E-state index contributed by atoms with van der Waals surface area (Å²) < 4.78 is 15.3. The van der Waals surface area contributed by atoms with Crippen molar-refractivity contribution in [1.82, 2.24) is 15.1 Å². The molecule has 10 heteroatoms. The molecular formula is C19H23N3O7. The highest BCUT2D eigenvalue weighted by molar-refractivity contribution is 5.86. The Morgan fingerprint density at radius 1 is 1.21 bits per heavy atom. The van der Waals surface area contributed by atoms with Crippen LogP contribution in [0.5, 0.6) is 0 Å². The molecule has 156 valence electrons. The van der Waals surface area contributed by atoms with Gasteiger partial charge >= 0.3 is 17.7 Å². The summed E-state index contributed by atoms with van der Waals surface area (Å²) >= 11 is 0. The highest BCUT2D eigenvalue weighted by Gasteiger charge is 2.23. The maximum atomic E-state index is 12.0. The molecule has 0 spiro atoms. The molecule has 10 nitrogen and oxygen atoms in total. The van der Waals surface area contributed by atoms with Crippen molar-refractivity contribution in [2.24, 2.45) is 5.92 Å². The molecule has 1 amide bonds. The number of amides is 1. The smallest absolute Gasteiger partial charge is 0.437 e. The van der Waals surface area contributed by atoms with Crippen LogP contribution in [0.4, 0.5) is 0 Å². The van der Waals surface area contributed by atoms with Gasteiger partial charge < -0.3 is 19.2 Å². The zero-order valence-electron chi connectivity index (χ0n) is 16.4. The highest BCUT2D eigenvalue weighted by Crippen LogP contribution is 2.13. The van der Waals surface area contributed by atoms with E-state index in [-0.39, 0.29) is 11.8 Å². The number of ether oxygens (including phenoxy) is 2. The highest BCUT2D eigenvalue weighted by atomic mass is 16.5. The molecule has 0 saturated carbocycles. The summed E-state index contributed by atoms with van der Waals surface area (Å²) in [5.41, 5.74) is 0.579. The molecule has 1 aromatic carbocycles. The number of methoxy groups -OCH3 is 1. The lowest BCUT2D eigenvalue weighted by molar-refractivity contribution is -0.151. The average molecular weight is 405 g/mol. The summed E-state index contributed by atoms with van der Waals surface area (Å²) in [5, 5.41) is 6.40. The van der Waals surface area contributed by atoms with E-state index in [9.17, 15) is 19.2 Å². The molecule has 0 aliphatic rings. The van der Waals surface area contributed by atoms with Crippen molar-refractivity contribution < 1.29 is 28.3 Å². The van der Waals surface area contributed by atoms with Crippen LogP contribution in [0.1, 0.15) is 20.3 Å². The Morgan fingerprint density at radius 3 is 2.52 bits per heavy atom. The van der Waals surface area contributed by atoms with E-state index in [1.807, 2.05) is 13.8 Å². The van der Waals surface area contributed by atoms with E-state index in [1.165, 1.54) is 7.11 Å². The Balaban J connectivity index is 1.89. The monoisotopic (exact) mass is 405 g/mol. The van der Waals surface area contributed by atoms with Gasteiger partial charge in [0.15, 0.2) is 6.61 Å². The summed E-state index contributed by atoms with van der Waals surface area (Å²) in [6.07, 6.45) is 0.378. The zero-order valence-corrected chi connectivity index (χ0v) is 16.4. The lowest BCUT2D eigenvalue weighted by atomic mass is 10.0. The van der Waals surface area contributed by atoms with E-state index in [0.717, 1.165) is 4.68 Å². The van der Waals surface area contributed by atoms with Gasteiger partial charge in [-0.05, 0) is 24.5 Å². The minimum absolute atomic E-state index is 0.0655. The number of carbonyl (C=O) groups is 3. The third-order valence-electron chi connectivity index (χ3n) is 3.80. The van der Waals surface area contributed by atoms with Gasteiger partial charge in [0.25, 0.3) is 5.91 Å². The number of hydrogen-bond acceptors (Lipinski definition) is 8. The fourth-order valence-corrected chi connectivity index (χ4v) is 2.48. The van der Waals surface area contributed by atoms with Crippen LogP contribution < -0.4 is 11.1 Å². The second-order valence-electron chi connectivity index (χ2n) is 6.63. The van der Waals surface area contributed by atoms with E-state index in [2.05, 4.69) is 15.2 Å². The zero-order chi connectivity index (χ0) is 21.4. The van der Waals surface area contributed by atoms with E-state index >= 15 is 0 Å². The van der Waals surface area contributed by atoms with Crippen LogP contribution in [0.3, 0.4) is 0 Å². The van der Waals surface area contributed by atoms with Crippen molar-refractivity contribution in [2.75, 3.05) is 13.7 Å². The normalized spacial score (nSPS) is 11.7. The quantitative estimate of drug-likeness (QED) is 0.605. The first kappa shape index (κ1) is 21.9. The predicted molar refractivity (Wildman–Crippen MR) is 101 cm³/mol. The summed E-state index contributed by atoms with van der Waals surface area (Å²) in [6, 6.07) is 7.87. The first-order chi connectivity index (χ1) is 13.8. The van der Waals surface area contributed by atoms with E-state index < -0.39 is 42.8 Å². The van der Waals surface area contributed by atoms with Gasteiger partial charge in [0, 0.05) is 5.56 Å². The van der Waals surface area contributed by atoms with Gasteiger partial charge in [0.1, 0.15) is 12.6 Å². The molecule has 1 N–H and O–H groups in total. The SMILES string of the molecule is COC(=O)[C@@H](CC(C)C)NC(=O)COC(=O)Cn1nc(-c2ccccc2)oc1=O. The third-order valence-corrected chi connectivity index (χ3v) is 3.80. The molecule has 2 rings (SSSR count). The van der Waals surface area contributed by atoms with Gasteiger partial charge in [0.2, 0.25) is 5.89 Å². The number of nitrogens with one attached hydrogen (secondary N) is 1. The molecular weight excluding hydrogens is 382 g/mol. The maximum Gasteiger partial charge on any atom is 0.437 e. The third kappa shape index (κ3) is 6.59. The van der Waals surface area contributed by atoms with Crippen molar-refractivity contribution in [1.29, 1.82) is 0 Å². The maximum absolute atomic E-state index is 12.0. The first-order valence-corrected chi connectivity index (χ1v) is 8.96. The fraction of sp³-hybridized carbons (Fsp3) is 0.421. The molecule has 0 aliphatic carbocycles. The molecule has 0 aliphatic heterocycles. The van der Waals surface area contributed by atoms with Crippen LogP contribution in [-0.4, -0.2) is 47.4 Å². The number of hydrogen-bond donors (Lipinski definition) is 1. The predicted octanol–water partition coefficient (Wildman–Crippen LogP) is 0.750. The summed E-state index contributed by atoms with van der Waals surface area (Å²) in [6.45, 7) is 2.65. The Bertz CT molecular complexity index is 902. The molecule has 1 atom stereocenters. The minimum atomic E-state index is -0.853. The van der Waals surface area contributed by atoms with Crippen molar-refractivity contribution in [3.8, 4) is 11.5 Å². The van der Waals surface area contributed by atoms with E-state index in [1.54, 1.807) is 30.3 Å². The molecule has 0 radical (unpaired) electrons. The standard InChI is InChI=1S/C19H23N3O7/c1-12(2)9-14(18(25)27-3)20-15(23)11-28-16(24)10-22-19(26)29-17(21-22)13-7-5-4-6-8-13/h4-8,12,14H,9-11H2,1-3H3,(H,20,23)/t14-/m1/s1. The van der Waals surface area contributed by atoms with Gasteiger partial charge in [-0.2, -0.15) is 4.68 Å². The van der Waals surface area contributed by atoms with Crippen LogP contribution in [0, 0.1) is 5.92 Å². The first-order valence-electron chi connectivity index (χ1n) is 8.96. The summed E-state index contributed by atoms with van der Waals surface area (Å²) in [5.74, 6) is -2.72. The van der Waals surface area contributed by atoms with E-state index in [0.29, 0.717) is 12.0 Å². The molecule has 0 unspecified atom stereocenters. The van der Waals surface area contributed by atoms with Crippen LogP contribution in [0.15, 0.2) is 39.5 Å². The van der Waals surface area contributed by atoms with Crippen molar-refractivity contribution in [2.45, 2.75) is 32.9 Å². The second kappa shape index (κ2) is 10.2. The minimum Gasteiger partial charge on any atom is -0.467 e. The Labute approximate surface area is 166 Å². The van der Waals surface area contributed by atoms with Gasteiger partial charge in [-0.15, -0.1) is 5.10 Å². The van der Waals surface area contributed by atoms with Crippen LogP contribution in [-0.2, 0) is 30.4 Å². The second-order valence-corrected chi connectivity index (χ2v) is 6.63. The Hall–Kier alpha value is -3.43. The van der Waals surface area contributed by atoms with E-state index in [4.69, 9.17) is 9.15 Å². The van der Waals surface area contributed by atoms with Crippen LogP contribution in [0.2, 0.25) is 0 Å². The lowest BCUT2D eigenvalue weighted by Gasteiger charge is -2.18. The van der Waals surface area contributed by atoms with Gasteiger partial charge in [0.05, 0.1) is 7.11 Å². The molecule has 29 heavy (non-hydrogen) atoms. The number of carbonyl (C=O) groups excluding carboxylic acids is 3. The van der Waals surface area contributed by atoms with Crippen LogP contribution in [0.25, 0.3) is 11.5 Å². The molecule has 1 aromatic heterocycles. The van der Waals surface area contributed by atoms with Gasteiger partial charge in [-0.25, -0.2) is 9.59 Å². The molecule has 0 fully saturated rings.